The van der Waals surface area contributed by atoms with E-state index in [0.717, 1.165) is 36.6 Å². The molecule has 0 atom stereocenters. The van der Waals surface area contributed by atoms with E-state index in [-0.39, 0.29) is 6.61 Å². The van der Waals surface area contributed by atoms with Gasteiger partial charge in [-0.15, -0.1) is 0 Å². The van der Waals surface area contributed by atoms with E-state index in [1.165, 1.54) is 0 Å². The molecular weight excluding hydrogens is 260 g/mol. The maximum absolute atomic E-state index is 8.99. The van der Waals surface area contributed by atoms with E-state index in [1.54, 1.807) is 7.11 Å². The Labute approximate surface area is 118 Å². The van der Waals surface area contributed by atoms with Crippen LogP contribution in [0.5, 0.6) is 5.75 Å². The van der Waals surface area contributed by atoms with Crippen LogP contribution in [-0.2, 0) is 6.54 Å². The van der Waals surface area contributed by atoms with Crippen molar-refractivity contribution < 1.29 is 9.84 Å². The number of methoxy groups -OCH3 is 1. The van der Waals surface area contributed by atoms with Gasteiger partial charge >= 0.3 is 0 Å². The van der Waals surface area contributed by atoms with Gasteiger partial charge < -0.3 is 15.2 Å². The summed E-state index contributed by atoms with van der Waals surface area (Å²) >= 11 is 1.83. The minimum atomic E-state index is 0.267. The maximum Gasteiger partial charge on any atom is 0.136 e. The average molecular weight is 280 g/mol. The fourth-order valence-electron chi connectivity index (χ4n) is 1.60. The molecule has 0 fully saturated rings. The van der Waals surface area contributed by atoms with Crippen LogP contribution in [0.4, 0.5) is 0 Å². The molecule has 1 aromatic carbocycles. The van der Waals surface area contributed by atoms with Crippen molar-refractivity contribution in [1.29, 1.82) is 5.26 Å². The van der Waals surface area contributed by atoms with Gasteiger partial charge in [-0.25, -0.2) is 0 Å². The Hall–Kier alpha value is -1.22. The van der Waals surface area contributed by atoms with E-state index in [1.807, 2.05) is 30.0 Å². The SMILES string of the molecule is COc1ccc(CNCCSCCCO)cc1C#N. The highest BCUT2D eigenvalue weighted by Gasteiger charge is 2.03. The largest absolute Gasteiger partial charge is 0.495 e. The Morgan fingerprint density at radius 2 is 2.26 bits per heavy atom. The molecule has 0 bridgehead atoms. The highest BCUT2D eigenvalue weighted by Crippen LogP contribution is 2.18. The number of thioether (sulfide) groups is 1. The Kier molecular flexibility index (Phi) is 8.07. The molecule has 1 rings (SSSR count). The Morgan fingerprint density at radius 3 is 2.95 bits per heavy atom. The highest BCUT2D eigenvalue weighted by atomic mass is 32.2. The fraction of sp³-hybridized carbons (Fsp3) is 0.500. The monoisotopic (exact) mass is 280 g/mol. The second-order valence-corrected chi connectivity index (χ2v) is 5.24. The van der Waals surface area contributed by atoms with Crippen LogP contribution >= 0.6 is 11.8 Å². The number of aliphatic hydroxyl groups is 1. The molecule has 2 N–H and O–H groups in total. The summed E-state index contributed by atoms with van der Waals surface area (Å²) in [5.41, 5.74) is 1.65. The maximum atomic E-state index is 8.99. The highest BCUT2D eigenvalue weighted by molar-refractivity contribution is 7.99. The van der Waals surface area contributed by atoms with Crippen molar-refractivity contribution in [2.24, 2.45) is 0 Å². The number of rotatable bonds is 9. The molecule has 0 saturated carbocycles. The summed E-state index contributed by atoms with van der Waals surface area (Å²) in [7, 11) is 1.57. The van der Waals surface area contributed by atoms with Gasteiger partial charge in [0.2, 0.25) is 0 Å². The molecule has 0 radical (unpaired) electrons. The van der Waals surface area contributed by atoms with Gasteiger partial charge in [0.15, 0.2) is 0 Å². The summed E-state index contributed by atoms with van der Waals surface area (Å²) in [6.07, 6.45) is 0.856. The first-order valence-corrected chi connectivity index (χ1v) is 7.43. The van der Waals surface area contributed by atoms with Gasteiger partial charge in [0, 0.05) is 25.4 Å². The number of benzene rings is 1. The zero-order chi connectivity index (χ0) is 13.9. The van der Waals surface area contributed by atoms with Gasteiger partial charge in [-0.2, -0.15) is 17.0 Å². The van der Waals surface area contributed by atoms with Gasteiger partial charge in [0.1, 0.15) is 11.8 Å². The van der Waals surface area contributed by atoms with E-state index in [2.05, 4.69) is 11.4 Å². The van der Waals surface area contributed by atoms with Crippen molar-refractivity contribution in [2.75, 3.05) is 31.8 Å². The molecule has 0 aliphatic carbocycles. The molecule has 1 aromatic rings. The lowest BCUT2D eigenvalue weighted by molar-refractivity contribution is 0.296. The Bertz CT molecular complexity index is 418. The predicted octanol–water partition coefficient (Wildman–Crippen LogP) is 1.77. The average Bonchev–Trinajstić information content (AvgIpc) is 2.46. The van der Waals surface area contributed by atoms with Crippen molar-refractivity contribution in [3.05, 3.63) is 29.3 Å². The lowest BCUT2D eigenvalue weighted by atomic mass is 10.1. The van der Waals surface area contributed by atoms with E-state index < -0.39 is 0 Å². The van der Waals surface area contributed by atoms with E-state index in [0.29, 0.717) is 11.3 Å². The summed E-state index contributed by atoms with van der Waals surface area (Å²) in [5.74, 6) is 2.64. The van der Waals surface area contributed by atoms with Crippen molar-refractivity contribution in [2.45, 2.75) is 13.0 Å². The number of ether oxygens (including phenoxy) is 1. The molecule has 0 saturated heterocycles. The third-order valence-electron chi connectivity index (χ3n) is 2.58. The van der Waals surface area contributed by atoms with Gasteiger partial charge in [0.05, 0.1) is 12.7 Å². The van der Waals surface area contributed by atoms with Crippen LogP contribution in [0.2, 0.25) is 0 Å². The topological polar surface area (TPSA) is 65.3 Å². The third kappa shape index (κ3) is 5.97. The van der Waals surface area contributed by atoms with Crippen LogP contribution in [-0.4, -0.2) is 36.9 Å². The van der Waals surface area contributed by atoms with Gasteiger partial charge in [-0.3, -0.25) is 0 Å². The molecule has 0 amide bonds. The molecule has 0 aromatic heterocycles. The number of nitrogens with one attached hydrogen (secondary N) is 1. The first kappa shape index (κ1) is 15.8. The van der Waals surface area contributed by atoms with Crippen molar-refractivity contribution in [3.63, 3.8) is 0 Å². The van der Waals surface area contributed by atoms with Crippen LogP contribution in [0.3, 0.4) is 0 Å². The Morgan fingerprint density at radius 1 is 1.42 bits per heavy atom. The summed E-state index contributed by atoms with van der Waals surface area (Å²) < 4.78 is 5.11. The fourth-order valence-corrected chi connectivity index (χ4v) is 2.42. The second-order valence-electron chi connectivity index (χ2n) is 4.01. The van der Waals surface area contributed by atoms with Crippen LogP contribution < -0.4 is 10.1 Å². The second kappa shape index (κ2) is 9.68. The Balaban J connectivity index is 2.28. The molecule has 4 nitrogen and oxygen atoms in total. The molecule has 0 unspecified atom stereocenters. The smallest absolute Gasteiger partial charge is 0.136 e. The molecule has 104 valence electrons. The minimum Gasteiger partial charge on any atom is -0.495 e. The van der Waals surface area contributed by atoms with Crippen molar-refractivity contribution >= 4 is 11.8 Å². The molecule has 19 heavy (non-hydrogen) atoms. The predicted molar refractivity (Wildman–Crippen MR) is 78.4 cm³/mol. The summed E-state index contributed by atoms with van der Waals surface area (Å²) in [6.45, 7) is 1.94. The zero-order valence-corrected chi connectivity index (χ0v) is 12.0. The van der Waals surface area contributed by atoms with Crippen LogP contribution in [0.1, 0.15) is 17.5 Å². The van der Waals surface area contributed by atoms with E-state index >= 15 is 0 Å². The number of nitrogens with zero attached hydrogens (tertiary/aromatic N) is 1. The van der Waals surface area contributed by atoms with Crippen LogP contribution in [0, 0.1) is 11.3 Å². The van der Waals surface area contributed by atoms with E-state index in [4.69, 9.17) is 15.1 Å². The van der Waals surface area contributed by atoms with Crippen LogP contribution in [0.15, 0.2) is 18.2 Å². The molecular formula is C14H20N2O2S. The van der Waals surface area contributed by atoms with Gasteiger partial charge in [-0.05, 0) is 29.9 Å². The minimum absolute atomic E-state index is 0.267. The first-order valence-electron chi connectivity index (χ1n) is 6.28. The number of aliphatic hydroxyl groups excluding tert-OH is 1. The molecule has 0 aliphatic rings. The van der Waals surface area contributed by atoms with Crippen molar-refractivity contribution in [1.82, 2.24) is 5.32 Å². The number of nitriles is 1. The van der Waals surface area contributed by atoms with Gasteiger partial charge in [-0.1, -0.05) is 6.07 Å². The molecule has 5 heteroatoms. The first-order chi connectivity index (χ1) is 9.31. The van der Waals surface area contributed by atoms with Gasteiger partial charge in [0.25, 0.3) is 0 Å². The summed E-state index contributed by atoms with van der Waals surface area (Å²) in [6, 6.07) is 7.77. The summed E-state index contributed by atoms with van der Waals surface area (Å²) in [4.78, 5) is 0. The quantitative estimate of drug-likeness (QED) is 0.675. The lowest BCUT2D eigenvalue weighted by Crippen LogP contribution is -2.16. The standard InChI is InChI=1S/C14H20N2O2S/c1-18-14-4-3-12(9-13(14)10-15)11-16-5-8-19-7-2-6-17/h3-4,9,16-17H,2,5-8,11H2,1H3. The van der Waals surface area contributed by atoms with E-state index in [9.17, 15) is 0 Å². The zero-order valence-electron chi connectivity index (χ0n) is 11.2. The summed E-state index contributed by atoms with van der Waals surface area (Å²) in [5, 5.41) is 21.0. The molecule has 0 heterocycles. The number of hydrogen-bond donors (Lipinski definition) is 2. The lowest BCUT2D eigenvalue weighted by Gasteiger charge is -2.07. The normalized spacial score (nSPS) is 10.2. The molecule has 0 spiro atoms. The molecule has 0 aliphatic heterocycles. The third-order valence-corrected chi connectivity index (χ3v) is 3.65. The van der Waals surface area contributed by atoms with Crippen LogP contribution in [0.25, 0.3) is 0 Å². The van der Waals surface area contributed by atoms with Crippen molar-refractivity contribution in [3.8, 4) is 11.8 Å². The number of hydrogen-bond acceptors (Lipinski definition) is 5.